The Labute approximate surface area is 87.9 Å². The molecule has 0 fully saturated rings. The Morgan fingerprint density at radius 3 is 3.07 bits per heavy atom. The second kappa shape index (κ2) is 6.08. The van der Waals surface area contributed by atoms with E-state index in [1.54, 1.807) is 18.4 Å². The minimum atomic E-state index is -0.443. The number of hydrogen-bond donors (Lipinski definition) is 2. The number of thiazole rings is 1. The molecule has 4 nitrogen and oxygen atoms in total. The van der Waals surface area contributed by atoms with Gasteiger partial charge in [-0.25, -0.2) is 4.98 Å². The van der Waals surface area contributed by atoms with Gasteiger partial charge in [0.2, 0.25) is 0 Å². The zero-order valence-electron chi connectivity index (χ0n) is 8.49. The third kappa shape index (κ3) is 4.15. The van der Waals surface area contributed by atoms with Crippen LogP contribution < -0.4 is 5.32 Å². The van der Waals surface area contributed by atoms with Crippen LogP contribution in [0, 0.1) is 6.92 Å². The number of aliphatic hydroxyl groups excluding tert-OH is 1. The van der Waals surface area contributed by atoms with Gasteiger partial charge >= 0.3 is 0 Å². The highest BCUT2D eigenvalue weighted by Gasteiger charge is 2.03. The average Bonchev–Trinajstić information content (AvgIpc) is 2.52. The summed E-state index contributed by atoms with van der Waals surface area (Å²) >= 11 is 1.63. The normalized spacial score (nSPS) is 13.1. The number of aryl methyl sites for hydroxylation is 1. The minimum absolute atomic E-state index is 0.365. The van der Waals surface area contributed by atoms with Gasteiger partial charge in [-0.05, 0) is 6.92 Å². The topological polar surface area (TPSA) is 54.4 Å². The maximum Gasteiger partial charge on any atom is 0.107 e. The van der Waals surface area contributed by atoms with Crippen LogP contribution in [0.2, 0.25) is 0 Å². The summed E-state index contributed by atoms with van der Waals surface area (Å²) in [5.74, 6) is 0. The number of ether oxygens (including phenoxy) is 1. The molecule has 1 aromatic heterocycles. The summed E-state index contributed by atoms with van der Waals surface area (Å²) in [5.41, 5.74) is 1.05. The molecule has 0 bridgehead atoms. The third-order valence-electron chi connectivity index (χ3n) is 1.68. The van der Waals surface area contributed by atoms with Crippen LogP contribution in [0.15, 0.2) is 5.38 Å². The molecule has 0 aliphatic carbocycles. The molecule has 0 amide bonds. The van der Waals surface area contributed by atoms with Crippen molar-refractivity contribution in [2.75, 3.05) is 20.3 Å². The van der Waals surface area contributed by atoms with Crippen LogP contribution >= 0.6 is 11.3 Å². The van der Waals surface area contributed by atoms with E-state index in [1.165, 1.54) is 0 Å². The van der Waals surface area contributed by atoms with Crippen LogP contribution in [0.3, 0.4) is 0 Å². The molecule has 2 N–H and O–H groups in total. The summed E-state index contributed by atoms with van der Waals surface area (Å²) in [7, 11) is 1.58. The summed E-state index contributed by atoms with van der Waals surface area (Å²) < 4.78 is 4.81. The molecular weight excluding hydrogens is 200 g/mol. The zero-order valence-corrected chi connectivity index (χ0v) is 9.30. The van der Waals surface area contributed by atoms with Crippen LogP contribution in [0.25, 0.3) is 0 Å². The summed E-state index contributed by atoms with van der Waals surface area (Å²) in [6.45, 7) is 3.58. The number of methoxy groups -OCH3 is 1. The van der Waals surface area contributed by atoms with Crippen molar-refractivity contribution >= 4 is 11.3 Å². The number of aliphatic hydroxyl groups is 1. The third-order valence-corrected chi connectivity index (χ3v) is 2.65. The summed E-state index contributed by atoms with van der Waals surface area (Å²) in [6, 6.07) is 0. The Kier molecular flexibility index (Phi) is 5.03. The van der Waals surface area contributed by atoms with Crippen molar-refractivity contribution in [3.8, 4) is 0 Å². The van der Waals surface area contributed by atoms with Gasteiger partial charge in [0.05, 0.1) is 12.7 Å². The molecule has 0 aromatic carbocycles. The highest BCUT2D eigenvalue weighted by atomic mass is 32.1. The van der Waals surface area contributed by atoms with E-state index in [1.807, 2.05) is 12.3 Å². The number of rotatable bonds is 6. The Morgan fingerprint density at radius 1 is 1.71 bits per heavy atom. The Hall–Kier alpha value is -0.490. The van der Waals surface area contributed by atoms with Gasteiger partial charge in [0.1, 0.15) is 5.01 Å². The Morgan fingerprint density at radius 2 is 2.50 bits per heavy atom. The molecule has 0 saturated heterocycles. The number of nitrogens with zero attached hydrogens (tertiary/aromatic N) is 1. The van der Waals surface area contributed by atoms with Gasteiger partial charge < -0.3 is 15.2 Å². The van der Waals surface area contributed by atoms with Crippen molar-refractivity contribution in [2.45, 2.75) is 19.6 Å². The van der Waals surface area contributed by atoms with Crippen LogP contribution in [-0.4, -0.2) is 36.5 Å². The first-order chi connectivity index (χ1) is 6.72. The van der Waals surface area contributed by atoms with Crippen molar-refractivity contribution in [1.82, 2.24) is 10.3 Å². The lowest BCUT2D eigenvalue weighted by Gasteiger charge is -2.09. The monoisotopic (exact) mass is 216 g/mol. The highest BCUT2D eigenvalue weighted by Crippen LogP contribution is 2.07. The van der Waals surface area contributed by atoms with Gasteiger partial charge in [0.25, 0.3) is 0 Å². The molecule has 0 aliphatic rings. The first-order valence-electron chi connectivity index (χ1n) is 4.51. The molecule has 0 saturated carbocycles. The second-order valence-corrected chi connectivity index (χ2v) is 4.07. The van der Waals surface area contributed by atoms with Crippen LogP contribution in [0.5, 0.6) is 0 Å². The fourth-order valence-electron chi connectivity index (χ4n) is 1.08. The second-order valence-electron chi connectivity index (χ2n) is 3.12. The van der Waals surface area contributed by atoms with E-state index in [4.69, 9.17) is 4.74 Å². The van der Waals surface area contributed by atoms with E-state index >= 15 is 0 Å². The van der Waals surface area contributed by atoms with Gasteiger partial charge in [-0.3, -0.25) is 0 Å². The van der Waals surface area contributed by atoms with Gasteiger partial charge in [-0.15, -0.1) is 11.3 Å². The van der Waals surface area contributed by atoms with Gasteiger partial charge in [-0.1, -0.05) is 0 Å². The lowest BCUT2D eigenvalue weighted by atomic mass is 10.4. The molecular formula is C9H16N2O2S. The fourth-order valence-corrected chi connectivity index (χ4v) is 1.82. The molecule has 1 unspecified atom stereocenters. The largest absolute Gasteiger partial charge is 0.389 e. The lowest BCUT2D eigenvalue weighted by Crippen LogP contribution is -2.29. The molecule has 0 radical (unpaired) electrons. The average molecular weight is 216 g/mol. The maximum atomic E-state index is 9.33. The minimum Gasteiger partial charge on any atom is -0.389 e. The Balaban J connectivity index is 2.15. The molecule has 0 spiro atoms. The lowest BCUT2D eigenvalue weighted by molar-refractivity contribution is 0.0644. The highest BCUT2D eigenvalue weighted by molar-refractivity contribution is 7.09. The van der Waals surface area contributed by atoms with Crippen LogP contribution in [-0.2, 0) is 11.3 Å². The smallest absolute Gasteiger partial charge is 0.107 e. The van der Waals surface area contributed by atoms with E-state index in [2.05, 4.69) is 10.3 Å². The van der Waals surface area contributed by atoms with E-state index in [9.17, 15) is 5.11 Å². The van der Waals surface area contributed by atoms with Gasteiger partial charge in [0, 0.05) is 31.3 Å². The molecule has 1 atom stereocenters. The van der Waals surface area contributed by atoms with Crippen molar-refractivity contribution in [3.63, 3.8) is 0 Å². The van der Waals surface area contributed by atoms with E-state index in [-0.39, 0.29) is 0 Å². The molecule has 80 valence electrons. The SMILES string of the molecule is COCC(O)CNCc1nc(C)cs1. The van der Waals surface area contributed by atoms with Gasteiger partial charge in [-0.2, -0.15) is 0 Å². The zero-order chi connectivity index (χ0) is 10.4. The predicted molar refractivity (Wildman–Crippen MR) is 56.4 cm³/mol. The number of hydrogen-bond acceptors (Lipinski definition) is 5. The summed E-state index contributed by atoms with van der Waals surface area (Å²) in [5, 5.41) is 15.5. The standard InChI is InChI=1S/C9H16N2O2S/c1-7-6-14-9(11-7)4-10-3-8(12)5-13-2/h6,8,10,12H,3-5H2,1-2H3. The molecule has 0 aliphatic heterocycles. The molecule has 1 aromatic rings. The summed E-state index contributed by atoms with van der Waals surface area (Å²) in [4.78, 5) is 4.30. The van der Waals surface area contributed by atoms with Crippen molar-refractivity contribution in [2.24, 2.45) is 0 Å². The van der Waals surface area contributed by atoms with Crippen LogP contribution in [0.4, 0.5) is 0 Å². The van der Waals surface area contributed by atoms with Crippen molar-refractivity contribution in [1.29, 1.82) is 0 Å². The number of nitrogens with one attached hydrogen (secondary N) is 1. The van der Waals surface area contributed by atoms with Crippen molar-refractivity contribution in [3.05, 3.63) is 16.1 Å². The van der Waals surface area contributed by atoms with E-state index in [0.29, 0.717) is 19.7 Å². The van der Waals surface area contributed by atoms with Gasteiger partial charge in [0.15, 0.2) is 0 Å². The summed E-state index contributed by atoms with van der Waals surface area (Å²) in [6.07, 6.45) is -0.443. The molecule has 5 heteroatoms. The molecule has 1 rings (SSSR count). The first kappa shape index (κ1) is 11.6. The van der Waals surface area contributed by atoms with Crippen molar-refractivity contribution < 1.29 is 9.84 Å². The van der Waals surface area contributed by atoms with E-state index in [0.717, 1.165) is 10.7 Å². The van der Waals surface area contributed by atoms with Crippen LogP contribution in [0.1, 0.15) is 10.7 Å². The first-order valence-corrected chi connectivity index (χ1v) is 5.39. The van der Waals surface area contributed by atoms with E-state index < -0.39 is 6.10 Å². The number of aromatic nitrogens is 1. The molecule has 14 heavy (non-hydrogen) atoms. The Bertz CT molecular complexity index is 265. The quantitative estimate of drug-likeness (QED) is 0.729. The fraction of sp³-hybridized carbons (Fsp3) is 0.667. The molecule has 1 heterocycles. The predicted octanol–water partition coefficient (Wildman–Crippen LogP) is 0.548. The maximum absolute atomic E-state index is 9.33.